The molecule has 0 saturated carbocycles. The van der Waals surface area contributed by atoms with Gasteiger partial charge in [0.1, 0.15) is 11.6 Å². The molecule has 2 heterocycles. The molecule has 0 unspecified atom stereocenters. The van der Waals surface area contributed by atoms with Crippen LogP contribution in [0, 0.1) is 5.82 Å². The summed E-state index contributed by atoms with van der Waals surface area (Å²) in [7, 11) is 1.55. The summed E-state index contributed by atoms with van der Waals surface area (Å²) >= 11 is 0. The number of hydrogen-bond acceptors (Lipinski definition) is 7. The molecule has 0 aliphatic heterocycles. The highest BCUT2D eigenvalue weighted by molar-refractivity contribution is 5.99. The molecule has 32 heavy (non-hydrogen) atoms. The van der Waals surface area contributed by atoms with E-state index in [9.17, 15) is 4.79 Å². The van der Waals surface area contributed by atoms with Crippen LogP contribution in [-0.4, -0.2) is 35.1 Å². The quantitative estimate of drug-likeness (QED) is 0.376. The third-order valence-electron chi connectivity index (χ3n) is 5.29. The number of fused-ring (bicyclic) bond motifs is 1. The SMILES string of the molecule is CCCC[C@@H](Nc1cc(OC)cc2ncc(Nc3ncccc3C(N)=O)c(F)c12)[C@H](C)N. The van der Waals surface area contributed by atoms with Gasteiger partial charge in [-0.05, 0) is 25.5 Å². The number of pyridine rings is 2. The van der Waals surface area contributed by atoms with Gasteiger partial charge in [0.05, 0.1) is 41.1 Å². The number of anilines is 3. The summed E-state index contributed by atoms with van der Waals surface area (Å²) in [5, 5.41) is 6.52. The topological polar surface area (TPSA) is 128 Å². The Bertz CT molecular complexity index is 1110. The van der Waals surface area contributed by atoms with Crippen molar-refractivity contribution in [3.8, 4) is 5.75 Å². The minimum Gasteiger partial charge on any atom is -0.497 e. The number of aromatic nitrogens is 2. The zero-order valence-corrected chi connectivity index (χ0v) is 18.5. The van der Waals surface area contributed by atoms with Crippen LogP contribution in [0.15, 0.2) is 36.7 Å². The Balaban J connectivity index is 2.08. The molecule has 1 amide bonds. The molecule has 1 aromatic carbocycles. The maximum atomic E-state index is 15.7. The molecule has 2 aromatic heterocycles. The number of benzene rings is 1. The van der Waals surface area contributed by atoms with E-state index in [0.29, 0.717) is 17.0 Å². The lowest BCUT2D eigenvalue weighted by Gasteiger charge is -2.25. The first-order valence-corrected chi connectivity index (χ1v) is 10.6. The van der Waals surface area contributed by atoms with E-state index in [4.69, 9.17) is 16.2 Å². The van der Waals surface area contributed by atoms with Crippen LogP contribution in [-0.2, 0) is 0 Å². The molecule has 8 nitrogen and oxygen atoms in total. The predicted octanol–water partition coefficient (Wildman–Crippen LogP) is 3.94. The Labute approximate surface area is 186 Å². The second kappa shape index (κ2) is 10.2. The smallest absolute Gasteiger partial charge is 0.252 e. The van der Waals surface area contributed by atoms with Crippen LogP contribution < -0.4 is 26.8 Å². The number of methoxy groups -OCH3 is 1. The number of primary amides is 1. The van der Waals surface area contributed by atoms with Crippen molar-refractivity contribution >= 4 is 34.0 Å². The van der Waals surface area contributed by atoms with Gasteiger partial charge in [-0.3, -0.25) is 9.78 Å². The molecule has 0 bridgehead atoms. The van der Waals surface area contributed by atoms with Crippen molar-refractivity contribution in [3.05, 3.63) is 48.0 Å². The van der Waals surface area contributed by atoms with E-state index >= 15 is 4.39 Å². The van der Waals surface area contributed by atoms with E-state index in [1.807, 2.05) is 6.92 Å². The van der Waals surface area contributed by atoms with Crippen LogP contribution in [0.1, 0.15) is 43.5 Å². The van der Waals surface area contributed by atoms with Gasteiger partial charge in [-0.15, -0.1) is 0 Å². The lowest BCUT2D eigenvalue weighted by Crippen LogP contribution is -2.38. The van der Waals surface area contributed by atoms with Crippen molar-refractivity contribution < 1.29 is 13.9 Å². The van der Waals surface area contributed by atoms with Crippen LogP contribution in [0.2, 0.25) is 0 Å². The lowest BCUT2D eigenvalue weighted by molar-refractivity contribution is 0.100. The molecule has 0 radical (unpaired) electrons. The molecule has 3 rings (SSSR count). The molecule has 170 valence electrons. The number of unbranched alkanes of at least 4 members (excludes halogenated alkanes) is 1. The van der Waals surface area contributed by atoms with Gasteiger partial charge in [-0.25, -0.2) is 9.37 Å². The predicted molar refractivity (Wildman–Crippen MR) is 125 cm³/mol. The summed E-state index contributed by atoms with van der Waals surface area (Å²) in [4.78, 5) is 20.2. The maximum absolute atomic E-state index is 15.7. The minimum absolute atomic E-state index is 0.0569. The average Bonchev–Trinajstić information content (AvgIpc) is 2.78. The number of rotatable bonds is 10. The number of ether oxygens (including phenoxy) is 1. The van der Waals surface area contributed by atoms with Crippen molar-refractivity contribution in [2.75, 3.05) is 17.7 Å². The summed E-state index contributed by atoms with van der Waals surface area (Å²) in [6.45, 7) is 4.03. The summed E-state index contributed by atoms with van der Waals surface area (Å²) in [5.74, 6) is -0.510. The fourth-order valence-corrected chi connectivity index (χ4v) is 3.50. The highest BCUT2D eigenvalue weighted by atomic mass is 19.1. The zero-order valence-electron chi connectivity index (χ0n) is 18.5. The highest BCUT2D eigenvalue weighted by Crippen LogP contribution is 2.35. The number of carbonyl (C=O) groups is 1. The summed E-state index contributed by atoms with van der Waals surface area (Å²) in [6.07, 6.45) is 5.69. The van der Waals surface area contributed by atoms with Gasteiger partial charge in [-0.2, -0.15) is 0 Å². The monoisotopic (exact) mass is 440 g/mol. The number of nitrogens with one attached hydrogen (secondary N) is 2. The second-order valence-corrected chi connectivity index (χ2v) is 7.70. The van der Waals surface area contributed by atoms with Gasteiger partial charge in [0, 0.05) is 30.4 Å². The van der Waals surface area contributed by atoms with Gasteiger partial charge in [0.15, 0.2) is 5.82 Å². The van der Waals surface area contributed by atoms with Crippen molar-refractivity contribution in [1.29, 1.82) is 0 Å². The van der Waals surface area contributed by atoms with E-state index in [-0.39, 0.29) is 34.5 Å². The van der Waals surface area contributed by atoms with Crippen LogP contribution in [0.4, 0.5) is 21.6 Å². The van der Waals surface area contributed by atoms with E-state index in [0.717, 1.165) is 19.3 Å². The average molecular weight is 441 g/mol. The van der Waals surface area contributed by atoms with E-state index in [2.05, 4.69) is 27.5 Å². The molecule has 2 atom stereocenters. The Kier molecular flexibility index (Phi) is 7.42. The highest BCUT2D eigenvalue weighted by Gasteiger charge is 2.20. The van der Waals surface area contributed by atoms with Crippen LogP contribution in [0.5, 0.6) is 5.75 Å². The Hall–Kier alpha value is -3.46. The van der Waals surface area contributed by atoms with Gasteiger partial charge >= 0.3 is 0 Å². The first-order chi connectivity index (χ1) is 15.3. The van der Waals surface area contributed by atoms with Crippen LogP contribution in [0.3, 0.4) is 0 Å². The summed E-state index contributed by atoms with van der Waals surface area (Å²) < 4.78 is 21.1. The van der Waals surface area contributed by atoms with E-state index < -0.39 is 11.7 Å². The molecule has 0 fully saturated rings. The second-order valence-electron chi connectivity index (χ2n) is 7.70. The third-order valence-corrected chi connectivity index (χ3v) is 5.29. The number of nitrogens with zero attached hydrogens (tertiary/aromatic N) is 2. The summed E-state index contributed by atoms with van der Waals surface area (Å²) in [5.41, 5.74) is 12.8. The van der Waals surface area contributed by atoms with E-state index in [1.54, 1.807) is 25.3 Å². The molecule has 0 spiro atoms. The lowest BCUT2D eigenvalue weighted by atomic mass is 10.0. The van der Waals surface area contributed by atoms with Crippen LogP contribution >= 0.6 is 0 Å². The molecule has 0 aliphatic carbocycles. The molecule has 3 aromatic rings. The van der Waals surface area contributed by atoms with Crippen molar-refractivity contribution in [2.24, 2.45) is 11.5 Å². The molecule has 6 N–H and O–H groups in total. The van der Waals surface area contributed by atoms with Crippen molar-refractivity contribution in [1.82, 2.24) is 9.97 Å². The largest absolute Gasteiger partial charge is 0.497 e. The normalized spacial score (nSPS) is 12.9. The fraction of sp³-hybridized carbons (Fsp3) is 0.348. The van der Waals surface area contributed by atoms with Gasteiger partial charge in [0.25, 0.3) is 5.91 Å². The first kappa shape index (κ1) is 23.2. The van der Waals surface area contributed by atoms with E-state index in [1.165, 1.54) is 18.5 Å². The van der Waals surface area contributed by atoms with Crippen LogP contribution in [0.25, 0.3) is 10.9 Å². The maximum Gasteiger partial charge on any atom is 0.252 e. The first-order valence-electron chi connectivity index (χ1n) is 10.6. The Morgan fingerprint density at radius 3 is 2.72 bits per heavy atom. The molecular formula is C23H29FN6O2. The summed E-state index contributed by atoms with van der Waals surface area (Å²) in [6, 6.07) is 6.29. The van der Waals surface area contributed by atoms with Gasteiger partial charge in [-0.1, -0.05) is 19.8 Å². The minimum atomic E-state index is -0.669. The van der Waals surface area contributed by atoms with Gasteiger partial charge < -0.3 is 26.8 Å². The molecule has 9 heteroatoms. The number of nitrogens with two attached hydrogens (primary N) is 2. The van der Waals surface area contributed by atoms with Crippen molar-refractivity contribution in [3.63, 3.8) is 0 Å². The zero-order chi connectivity index (χ0) is 23.3. The number of carbonyl (C=O) groups excluding carboxylic acids is 1. The number of hydrogen-bond donors (Lipinski definition) is 4. The Morgan fingerprint density at radius 1 is 1.28 bits per heavy atom. The Morgan fingerprint density at radius 2 is 2.06 bits per heavy atom. The number of amides is 1. The third kappa shape index (κ3) is 5.05. The standard InChI is InChI=1S/C23H29FN6O2/c1-4-5-8-16(13(2)25)29-18-11-14(32-3)10-17-20(18)21(24)19(12-28-17)30-23-15(22(26)31)7-6-9-27-23/h6-7,9-13,16,29H,4-5,8,25H2,1-3H3,(H2,26,31)(H,27,30)/t13-,16+/m0/s1. The van der Waals surface area contributed by atoms with Gasteiger partial charge in [0.2, 0.25) is 0 Å². The molecule has 0 saturated heterocycles. The fourth-order valence-electron chi connectivity index (χ4n) is 3.50. The molecule has 0 aliphatic rings. The number of halogens is 1. The van der Waals surface area contributed by atoms with Crippen molar-refractivity contribution in [2.45, 2.75) is 45.2 Å². The molecular weight excluding hydrogens is 411 g/mol.